The SMILES string of the molecule is O=Cc1c(O)c(O)c(O)c2c(=O)cc(-c3ccccc3)oc12. The molecule has 6 nitrogen and oxygen atoms in total. The molecule has 0 spiro atoms. The average molecular weight is 298 g/mol. The number of fused-ring (bicyclic) bond motifs is 1. The number of hydrogen-bond acceptors (Lipinski definition) is 6. The highest BCUT2D eigenvalue weighted by Crippen LogP contribution is 2.43. The van der Waals surface area contributed by atoms with Crippen molar-refractivity contribution in [2.45, 2.75) is 0 Å². The summed E-state index contributed by atoms with van der Waals surface area (Å²) in [5, 5.41) is 28.8. The van der Waals surface area contributed by atoms with E-state index in [2.05, 4.69) is 0 Å². The lowest BCUT2D eigenvalue weighted by molar-refractivity contribution is 0.112. The van der Waals surface area contributed by atoms with Gasteiger partial charge < -0.3 is 19.7 Å². The van der Waals surface area contributed by atoms with Crippen molar-refractivity contribution in [1.82, 2.24) is 0 Å². The summed E-state index contributed by atoms with van der Waals surface area (Å²) in [7, 11) is 0. The predicted molar refractivity (Wildman–Crippen MR) is 78.3 cm³/mol. The van der Waals surface area contributed by atoms with Gasteiger partial charge in [-0.2, -0.15) is 0 Å². The highest BCUT2D eigenvalue weighted by atomic mass is 16.3. The first kappa shape index (κ1) is 13.7. The molecule has 0 atom stereocenters. The van der Waals surface area contributed by atoms with Gasteiger partial charge in [-0.25, -0.2) is 0 Å². The summed E-state index contributed by atoms with van der Waals surface area (Å²) in [6.45, 7) is 0. The van der Waals surface area contributed by atoms with Crippen molar-refractivity contribution in [3.05, 3.63) is 52.2 Å². The van der Waals surface area contributed by atoms with Gasteiger partial charge in [-0.1, -0.05) is 30.3 Å². The molecule has 0 fully saturated rings. The number of hydrogen-bond donors (Lipinski definition) is 3. The lowest BCUT2D eigenvalue weighted by atomic mass is 10.1. The minimum absolute atomic E-state index is 0.172. The Morgan fingerprint density at radius 1 is 0.955 bits per heavy atom. The Morgan fingerprint density at radius 2 is 1.64 bits per heavy atom. The van der Waals surface area contributed by atoms with Crippen molar-refractivity contribution in [2.24, 2.45) is 0 Å². The quantitative estimate of drug-likeness (QED) is 0.495. The van der Waals surface area contributed by atoms with Gasteiger partial charge >= 0.3 is 0 Å². The minimum atomic E-state index is -0.936. The van der Waals surface area contributed by atoms with Crippen LogP contribution in [-0.4, -0.2) is 21.6 Å². The zero-order valence-corrected chi connectivity index (χ0v) is 11.1. The van der Waals surface area contributed by atoms with Crippen LogP contribution in [0.2, 0.25) is 0 Å². The average Bonchev–Trinajstić information content (AvgIpc) is 2.53. The summed E-state index contributed by atoms with van der Waals surface area (Å²) in [6, 6.07) is 9.81. The molecule has 3 rings (SSSR count). The van der Waals surface area contributed by atoms with Crippen molar-refractivity contribution in [2.75, 3.05) is 0 Å². The van der Waals surface area contributed by atoms with Crippen LogP contribution in [0, 0.1) is 0 Å². The Hall–Kier alpha value is -3.28. The lowest BCUT2D eigenvalue weighted by Crippen LogP contribution is -2.03. The zero-order valence-electron chi connectivity index (χ0n) is 11.1. The van der Waals surface area contributed by atoms with E-state index in [-0.39, 0.29) is 23.0 Å². The molecular formula is C16H10O6. The fourth-order valence-corrected chi connectivity index (χ4v) is 2.23. The highest BCUT2D eigenvalue weighted by Gasteiger charge is 2.23. The maximum atomic E-state index is 12.2. The van der Waals surface area contributed by atoms with Crippen molar-refractivity contribution in [3.8, 4) is 28.6 Å². The van der Waals surface area contributed by atoms with Gasteiger partial charge in [-0.15, -0.1) is 0 Å². The van der Waals surface area contributed by atoms with Gasteiger partial charge in [0.05, 0.1) is 0 Å². The molecule has 0 saturated carbocycles. The molecule has 0 bridgehead atoms. The topological polar surface area (TPSA) is 108 Å². The zero-order chi connectivity index (χ0) is 15.9. The van der Waals surface area contributed by atoms with Crippen LogP contribution in [0.25, 0.3) is 22.3 Å². The van der Waals surface area contributed by atoms with E-state index in [1.165, 1.54) is 0 Å². The maximum absolute atomic E-state index is 12.2. The number of phenolic OH excluding ortho intramolecular Hbond substituents is 3. The normalized spacial score (nSPS) is 10.7. The standard InChI is InChI=1S/C16H10O6/c17-7-9-13(19)15(21)14(20)12-10(18)6-11(22-16(9)12)8-4-2-1-3-5-8/h1-7,19-21H. The van der Waals surface area contributed by atoms with Crippen LogP contribution < -0.4 is 5.43 Å². The van der Waals surface area contributed by atoms with Crippen molar-refractivity contribution in [3.63, 3.8) is 0 Å². The number of aromatic hydroxyl groups is 3. The molecule has 0 amide bonds. The fraction of sp³-hybridized carbons (Fsp3) is 0. The fourth-order valence-electron chi connectivity index (χ4n) is 2.23. The van der Waals surface area contributed by atoms with Crippen LogP contribution >= 0.6 is 0 Å². The number of aldehydes is 1. The number of carbonyl (C=O) groups excluding carboxylic acids is 1. The molecule has 1 aromatic heterocycles. The van der Waals surface area contributed by atoms with E-state index in [9.17, 15) is 24.9 Å². The third-order valence-corrected chi connectivity index (χ3v) is 3.31. The Kier molecular flexibility index (Phi) is 3.06. The van der Waals surface area contributed by atoms with Gasteiger partial charge in [0.15, 0.2) is 28.8 Å². The van der Waals surface area contributed by atoms with Gasteiger partial charge in [0.25, 0.3) is 0 Å². The van der Waals surface area contributed by atoms with Crippen LogP contribution in [0.1, 0.15) is 10.4 Å². The molecule has 3 N–H and O–H groups in total. The smallest absolute Gasteiger partial charge is 0.202 e. The molecule has 0 aliphatic carbocycles. The summed E-state index contributed by atoms with van der Waals surface area (Å²) in [5.74, 6) is -2.43. The van der Waals surface area contributed by atoms with Gasteiger partial charge in [0.2, 0.25) is 5.75 Å². The molecule has 0 saturated heterocycles. The molecule has 110 valence electrons. The Morgan fingerprint density at radius 3 is 2.27 bits per heavy atom. The van der Waals surface area contributed by atoms with E-state index in [0.29, 0.717) is 5.56 Å². The summed E-state index contributed by atoms with van der Waals surface area (Å²) >= 11 is 0. The predicted octanol–water partition coefficient (Wildman–Crippen LogP) is 2.39. The number of benzene rings is 2. The monoisotopic (exact) mass is 298 g/mol. The molecule has 0 aliphatic heterocycles. The first-order chi connectivity index (χ1) is 10.5. The summed E-state index contributed by atoms with van der Waals surface area (Å²) in [6.07, 6.45) is 0.245. The molecule has 2 aromatic carbocycles. The third-order valence-electron chi connectivity index (χ3n) is 3.31. The second kappa shape index (κ2) is 4.92. The first-order valence-electron chi connectivity index (χ1n) is 6.30. The highest BCUT2D eigenvalue weighted by molar-refractivity contribution is 6.02. The molecule has 3 aromatic rings. The van der Waals surface area contributed by atoms with Crippen molar-refractivity contribution < 1.29 is 24.5 Å². The largest absolute Gasteiger partial charge is 0.504 e. The van der Waals surface area contributed by atoms with E-state index in [1.54, 1.807) is 30.3 Å². The van der Waals surface area contributed by atoms with Gasteiger partial charge in [0, 0.05) is 11.6 Å². The van der Waals surface area contributed by atoms with Gasteiger partial charge in [-0.05, 0) is 0 Å². The third kappa shape index (κ3) is 1.89. The minimum Gasteiger partial charge on any atom is -0.504 e. The molecule has 0 unspecified atom stereocenters. The lowest BCUT2D eigenvalue weighted by Gasteiger charge is -2.09. The summed E-state index contributed by atoms with van der Waals surface area (Å²) in [5.41, 5.74) is -0.740. The van der Waals surface area contributed by atoms with E-state index in [0.717, 1.165) is 6.07 Å². The van der Waals surface area contributed by atoms with E-state index < -0.39 is 28.2 Å². The van der Waals surface area contributed by atoms with Crippen molar-refractivity contribution in [1.29, 1.82) is 0 Å². The van der Waals surface area contributed by atoms with E-state index in [1.807, 2.05) is 0 Å². The van der Waals surface area contributed by atoms with Crippen LogP contribution in [0.3, 0.4) is 0 Å². The first-order valence-corrected chi connectivity index (χ1v) is 6.30. The van der Waals surface area contributed by atoms with Gasteiger partial charge in [0.1, 0.15) is 16.7 Å². The Labute approximate surface area is 123 Å². The molecule has 0 radical (unpaired) electrons. The van der Waals surface area contributed by atoms with Crippen LogP contribution in [-0.2, 0) is 0 Å². The van der Waals surface area contributed by atoms with Crippen LogP contribution in [0.4, 0.5) is 0 Å². The summed E-state index contributed by atoms with van der Waals surface area (Å²) < 4.78 is 5.51. The van der Waals surface area contributed by atoms with E-state index in [4.69, 9.17) is 4.42 Å². The maximum Gasteiger partial charge on any atom is 0.202 e. The van der Waals surface area contributed by atoms with E-state index >= 15 is 0 Å². The molecular weight excluding hydrogens is 288 g/mol. The number of phenols is 3. The second-order valence-electron chi connectivity index (χ2n) is 4.62. The Balaban J connectivity index is 2.47. The molecule has 1 heterocycles. The van der Waals surface area contributed by atoms with Gasteiger partial charge in [-0.3, -0.25) is 9.59 Å². The molecule has 6 heteroatoms. The van der Waals surface area contributed by atoms with Crippen LogP contribution in [0.5, 0.6) is 17.2 Å². The molecule has 0 aliphatic rings. The van der Waals surface area contributed by atoms with Crippen LogP contribution in [0.15, 0.2) is 45.6 Å². The Bertz CT molecular complexity index is 940. The van der Waals surface area contributed by atoms with Crippen molar-refractivity contribution >= 4 is 17.3 Å². The molecule has 22 heavy (non-hydrogen) atoms. The number of carbonyl (C=O) groups is 1. The second-order valence-corrected chi connectivity index (χ2v) is 4.62. The number of rotatable bonds is 2. The summed E-state index contributed by atoms with van der Waals surface area (Å²) in [4.78, 5) is 23.3.